The molecular formula is C23H24BrF2N3O2. The molecule has 164 valence electrons. The standard InChI is InChI=1S/C23H24BrF2N3O2/c1-30-21-7-6-19-23(29-21)20(8-9-27-19)31-13-14-2-4-16(5-3-14)28-12-15-10-17(25)22(24)18(26)11-15/h6-11,14,16,28H,2-5,12-13H2,1H3. The van der Waals surface area contributed by atoms with Gasteiger partial charge in [-0.1, -0.05) is 0 Å². The number of aromatic nitrogens is 2. The predicted octanol–water partition coefficient (Wildman–Crippen LogP) is 5.41. The summed E-state index contributed by atoms with van der Waals surface area (Å²) in [5.74, 6) is 0.544. The van der Waals surface area contributed by atoms with E-state index in [9.17, 15) is 8.78 Å². The third-order valence-electron chi connectivity index (χ3n) is 5.69. The third kappa shape index (κ3) is 5.30. The number of halogens is 3. The Hall–Kier alpha value is -2.32. The van der Waals surface area contributed by atoms with Crippen molar-refractivity contribution in [3.05, 3.63) is 58.2 Å². The molecule has 2 heterocycles. The second-order valence-electron chi connectivity index (χ2n) is 7.81. The molecule has 0 amide bonds. The molecule has 1 aliphatic carbocycles. The van der Waals surface area contributed by atoms with Gasteiger partial charge in [-0.05, 0) is 71.3 Å². The molecule has 4 rings (SSSR count). The summed E-state index contributed by atoms with van der Waals surface area (Å²) < 4.78 is 38.5. The van der Waals surface area contributed by atoms with Crippen molar-refractivity contribution < 1.29 is 18.3 Å². The van der Waals surface area contributed by atoms with E-state index in [0.717, 1.165) is 31.2 Å². The Kier molecular flexibility index (Phi) is 6.97. The lowest BCUT2D eigenvalue weighted by Gasteiger charge is -2.29. The van der Waals surface area contributed by atoms with Crippen molar-refractivity contribution in [3.8, 4) is 11.6 Å². The molecule has 1 N–H and O–H groups in total. The lowest BCUT2D eigenvalue weighted by atomic mass is 9.86. The van der Waals surface area contributed by atoms with Crippen LogP contribution in [0.4, 0.5) is 8.78 Å². The van der Waals surface area contributed by atoms with E-state index in [0.29, 0.717) is 47.8 Å². The average Bonchev–Trinajstić information content (AvgIpc) is 2.80. The van der Waals surface area contributed by atoms with Crippen LogP contribution in [0, 0.1) is 17.6 Å². The number of hydrogen-bond donors (Lipinski definition) is 1. The van der Waals surface area contributed by atoms with E-state index in [1.165, 1.54) is 12.1 Å². The minimum atomic E-state index is -0.576. The highest BCUT2D eigenvalue weighted by atomic mass is 79.9. The molecule has 0 aliphatic heterocycles. The minimum absolute atomic E-state index is 0.118. The molecule has 5 nitrogen and oxygen atoms in total. The van der Waals surface area contributed by atoms with E-state index >= 15 is 0 Å². The second-order valence-corrected chi connectivity index (χ2v) is 8.61. The quantitative estimate of drug-likeness (QED) is 0.448. The summed E-state index contributed by atoms with van der Waals surface area (Å²) in [4.78, 5) is 8.79. The zero-order chi connectivity index (χ0) is 21.8. The molecule has 0 spiro atoms. The SMILES string of the molecule is COc1ccc2nccc(OCC3CCC(NCc4cc(F)c(Br)c(F)c4)CC3)c2n1. The van der Waals surface area contributed by atoms with Gasteiger partial charge in [-0.2, -0.15) is 0 Å². The summed E-state index contributed by atoms with van der Waals surface area (Å²) in [5.41, 5.74) is 2.08. The maximum atomic E-state index is 13.7. The molecule has 0 unspecified atom stereocenters. The number of nitrogens with one attached hydrogen (secondary N) is 1. The van der Waals surface area contributed by atoms with Crippen molar-refractivity contribution in [1.82, 2.24) is 15.3 Å². The maximum absolute atomic E-state index is 13.7. The van der Waals surface area contributed by atoms with E-state index in [2.05, 4.69) is 31.2 Å². The van der Waals surface area contributed by atoms with E-state index in [4.69, 9.17) is 9.47 Å². The van der Waals surface area contributed by atoms with Gasteiger partial charge < -0.3 is 14.8 Å². The minimum Gasteiger partial charge on any atom is -0.491 e. The van der Waals surface area contributed by atoms with E-state index in [-0.39, 0.29) is 4.47 Å². The fourth-order valence-electron chi connectivity index (χ4n) is 3.93. The molecule has 0 radical (unpaired) electrons. The molecule has 3 aromatic rings. The molecule has 1 aromatic carbocycles. The van der Waals surface area contributed by atoms with Crippen LogP contribution in [0.1, 0.15) is 31.2 Å². The Bertz CT molecular complexity index is 1040. The van der Waals surface area contributed by atoms with Crippen molar-refractivity contribution in [2.75, 3.05) is 13.7 Å². The number of pyridine rings is 2. The van der Waals surface area contributed by atoms with Crippen LogP contribution in [0.5, 0.6) is 11.6 Å². The van der Waals surface area contributed by atoms with Crippen LogP contribution in [-0.4, -0.2) is 29.7 Å². The van der Waals surface area contributed by atoms with Gasteiger partial charge in [0.1, 0.15) is 22.9 Å². The predicted molar refractivity (Wildman–Crippen MR) is 118 cm³/mol. The van der Waals surface area contributed by atoms with E-state index in [1.54, 1.807) is 19.4 Å². The topological polar surface area (TPSA) is 56.3 Å². The Labute approximate surface area is 188 Å². The molecule has 1 fully saturated rings. The number of nitrogens with zero attached hydrogens (tertiary/aromatic N) is 2. The number of methoxy groups -OCH3 is 1. The number of ether oxygens (including phenoxy) is 2. The zero-order valence-electron chi connectivity index (χ0n) is 17.2. The molecule has 0 saturated heterocycles. The number of hydrogen-bond acceptors (Lipinski definition) is 5. The Balaban J connectivity index is 1.28. The van der Waals surface area contributed by atoms with Crippen LogP contribution in [0.3, 0.4) is 0 Å². The first kappa shape index (κ1) is 21.9. The Morgan fingerprint density at radius 1 is 1.10 bits per heavy atom. The molecule has 8 heteroatoms. The maximum Gasteiger partial charge on any atom is 0.213 e. The smallest absolute Gasteiger partial charge is 0.213 e. The lowest BCUT2D eigenvalue weighted by Crippen LogP contribution is -2.34. The zero-order valence-corrected chi connectivity index (χ0v) is 18.8. The number of fused-ring (bicyclic) bond motifs is 1. The fourth-order valence-corrected chi connectivity index (χ4v) is 4.16. The summed E-state index contributed by atoms with van der Waals surface area (Å²) >= 11 is 2.90. The monoisotopic (exact) mass is 491 g/mol. The van der Waals surface area contributed by atoms with Crippen molar-refractivity contribution in [2.24, 2.45) is 5.92 Å². The third-order valence-corrected chi connectivity index (χ3v) is 6.45. The molecule has 1 saturated carbocycles. The molecule has 0 bridgehead atoms. The molecule has 0 atom stereocenters. The number of benzene rings is 1. The van der Waals surface area contributed by atoms with Crippen molar-refractivity contribution in [2.45, 2.75) is 38.3 Å². The van der Waals surface area contributed by atoms with Crippen LogP contribution < -0.4 is 14.8 Å². The van der Waals surface area contributed by atoms with Crippen LogP contribution in [0.2, 0.25) is 0 Å². The van der Waals surface area contributed by atoms with Crippen LogP contribution in [0.15, 0.2) is 41.0 Å². The van der Waals surface area contributed by atoms with Gasteiger partial charge in [0.25, 0.3) is 0 Å². The summed E-state index contributed by atoms with van der Waals surface area (Å²) in [6.07, 6.45) is 5.78. The van der Waals surface area contributed by atoms with Crippen molar-refractivity contribution >= 4 is 27.0 Å². The van der Waals surface area contributed by atoms with Crippen LogP contribution in [0.25, 0.3) is 11.0 Å². The van der Waals surface area contributed by atoms with E-state index < -0.39 is 11.6 Å². The summed E-state index contributed by atoms with van der Waals surface area (Å²) in [5, 5.41) is 3.42. The highest BCUT2D eigenvalue weighted by molar-refractivity contribution is 9.10. The van der Waals surface area contributed by atoms with Gasteiger partial charge in [0.15, 0.2) is 0 Å². The fraction of sp³-hybridized carbons (Fsp3) is 0.391. The summed E-state index contributed by atoms with van der Waals surface area (Å²) in [7, 11) is 1.58. The number of rotatable bonds is 7. The highest BCUT2D eigenvalue weighted by Crippen LogP contribution is 2.29. The first-order chi connectivity index (χ1) is 15.0. The van der Waals surface area contributed by atoms with Gasteiger partial charge >= 0.3 is 0 Å². The Morgan fingerprint density at radius 3 is 2.55 bits per heavy atom. The summed E-state index contributed by atoms with van der Waals surface area (Å²) in [6.45, 7) is 1.07. The van der Waals surface area contributed by atoms with Gasteiger partial charge in [-0.15, -0.1) is 0 Å². The largest absolute Gasteiger partial charge is 0.491 e. The van der Waals surface area contributed by atoms with Gasteiger partial charge in [0, 0.05) is 30.9 Å². The molecular weight excluding hydrogens is 468 g/mol. The lowest BCUT2D eigenvalue weighted by molar-refractivity contribution is 0.192. The first-order valence-corrected chi connectivity index (χ1v) is 11.1. The second kappa shape index (κ2) is 9.87. The highest BCUT2D eigenvalue weighted by Gasteiger charge is 2.22. The summed E-state index contributed by atoms with van der Waals surface area (Å²) in [6, 6.07) is 8.54. The van der Waals surface area contributed by atoms with Gasteiger partial charge in [0.05, 0.1) is 23.7 Å². The molecule has 1 aliphatic rings. The Morgan fingerprint density at radius 2 is 1.84 bits per heavy atom. The van der Waals surface area contributed by atoms with Crippen LogP contribution in [-0.2, 0) is 6.54 Å². The van der Waals surface area contributed by atoms with Crippen molar-refractivity contribution in [1.29, 1.82) is 0 Å². The normalized spacial score (nSPS) is 18.8. The van der Waals surface area contributed by atoms with Crippen LogP contribution >= 0.6 is 15.9 Å². The van der Waals surface area contributed by atoms with Gasteiger partial charge in [-0.25, -0.2) is 13.8 Å². The van der Waals surface area contributed by atoms with E-state index in [1.807, 2.05) is 12.1 Å². The molecule has 31 heavy (non-hydrogen) atoms. The first-order valence-electron chi connectivity index (χ1n) is 10.3. The van der Waals surface area contributed by atoms with Gasteiger partial charge in [-0.3, -0.25) is 4.98 Å². The van der Waals surface area contributed by atoms with Crippen molar-refractivity contribution in [3.63, 3.8) is 0 Å². The molecule has 2 aromatic heterocycles. The average molecular weight is 492 g/mol. The van der Waals surface area contributed by atoms with Gasteiger partial charge in [0.2, 0.25) is 5.88 Å².